The van der Waals surface area contributed by atoms with Gasteiger partial charge in [-0.3, -0.25) is 14.4 Å². The molecular formula is C32H38N4O4Si. The molecule has 0 radical (unpaired) electrons. The highest BCUT2D eigenvalue weighted by Gasteiger charge is 2.49. The van der Waals surface area contributed by atoms with Crippen LogP contribution in [0.3, 0.4) is 0 Å². The summed E-state index contributed by atoms with van der Waals surface area (Å²) in [6, 6.07) is 20.2. The molecule has 1 aromatic heterocycles. The topological polar surface area (TPSA) is 101 Å². The van der Waals surface area contributed by atoms with Crippen molar-refractivity contribution in [2.24, 2.45) is 5.92 Å². The first-order valence-electron chi connectivity index (χ1n) is 14.6. The van der Waals surface area contributed by atoms with Gasteiger partial charge < -0.3 is 14.6 Å². The molecule has 1 fully saturated rings. The third-order valence-corrected chi connectivity index (χ3v) is 11.3. The van der Waals surface area contributed by atoms with Gasteiger partial charge in [-0.05, 0) is 73.5 Å². The fraction of sp³-hybridized carbons (Fsp3) is 0.406. The minimum Gasteiger partial charge on any atom is -0.432 e. The molecule has 0 aliphatic carbocycles. The second kappa shape index (κ2) is 11.1. The first-order valence-corrected chi connectivity index (χ1v) is 17.6. The quantitative estimate of drug-likeness (QED) is 0.253. The van der Waals surface area contributed by atoms with Gasteiger partial charge in [0.1, 0.15) is 0 Å². The van der Waals surface area contributed by atoms with E-state index in [1.165, 1.54) is 0 Å². The standard InChI is InChI=1S/C32H38N4O4Si/c1-21-28(40-29(31(21)41(2,3)39)15-17-35-20-24(16-18-37)33-34-35)14-13-22-7-4-10-25(19-22)36-27-12-6-9-23-8-5-11-26(30(23)27)32(36)38/h4-12,19-21,28-29,31,37,39H,13-18H2,1-3H3/t21-,28+,29-,31+/m0/s1. The first-order chi connectivity index (χ1) is 19.7. The van der Waals surface area contributed by atoms with Gasteiger partial charge in [0.05, 0.1) is 29.2 Å². The number of carbonyl (C=O) groups excluding carboxylic acids is 1. The van der Waals surface area contributed by atoms with E-state index in [0.29, 0.717) is 13.0 Å². The van der Waals surface area contributed by atoms with Crippen molar-refractivity contribution in [2.75, 3.05) is 11.5 Å². The molecular weight excluding hydrogens is 532 g/mol. The minimum atomic E-state index is -2.48. The van der Waals surface area contributed by atoms with E-state index in [-0.39, 0.29) is 36.2 Å². The highest BCUT2D eigenvalue weighted by Crippen LogP contribution is 2.46. The van der Waals surface area contributed by atoms with Gasteiger partial charge in [0.25, 0.3) is 5.91 Å². The van der Waals surface area contributed by atoms with E-state index >= 15 is 0 Å². The molecule has 9 heteroatoms. The highest BCUT2D eigenvalue weighted by molar-refractivity contribution is 6.71. The Balaban J connectivity index is 1.15. The van der Waals surface area contributed by atoms with Crippen molar-refractivity contribution in [3.8, 4) is 0 Å². The lowest BCUT2D eigenvalue weighted by Gasteiger charge is -2.30. The van der Waals surface area contributed by atoms with Gasteiger partial charge in [0.2, 0.25) is 0 Å². The second-order valence-electron chi connectivity index (χ2n) is 12.0. The Morgan fingerprint density at radius 2 is 1.78 bits per heavy atom. The van der Waals surface area contributed by atoms with Gasteiger partial charge in [-0.25, -0.2) is 0 Å². The van der Waals surface area contributed by atoms with E-state index in [2.05, 4.69) is 41.5 Å². The number of ether oxygens (including phenoxy) is 1. The van der Waals surface area contributed by atoms with E-state index in [9.17, 15) is 9.59 Å². The maximum Gasteiger partial charge on any atom is 0.263 e. The Hall–Kier alpha value is -3.37. The number of aromatic nitrogens is 3. The molecule has 214 valence electrons. The van der Waals surface area contributed by atoms with Crippen LogP contribution in [0.1, 0.15) is 41.4 Å². The van der Waals surface area contributed by atoms with Crippen LogP contribution in [0, 0.1) is 5.92 Å². The number of anilines is 2. The zero-order chi connectivity index (χ0) is 28.7. The van der Waals surface area contributed by atoms with Gasteiger partial charge in [0.15, 0.2) is 8.32 Å². The lowest BCUT2D eigenvalue weighted by molar-refractivity contribution is 0.0245. The van der Waals surface area contributed by atoms with Crippen molar-refractivity contribution in [2.45, 2.75) is 70.0 Å². The molecule has 0 saturated carbocycles. The second-order valence-corrected chi connectivity index (χ2v) is 16.0. The summed E-state index contributed by atoms with van der Waals surface area (Å²) in [5.41, 5.74) is 4.63. The number of hydrogen-bond acceptors (Lipinski definition) is 6. The molecule has 2 aliphatic heterocycles. The molecule has 2 aliphatic rings. The normalized spacial score (nSPS) is 22.3. The molecule has 8 nitrogen and oxygen atoms in total. The monoisotopic (exact) mass is 570 g/mol. The number of amides is 1. The van der Waals surface area contributed by atoms with Crippen LogP contribution < -0.4 is 4.90 Å². The van der Waals surface area contributed by atoms with Crippen molar-refractivity contribution in [1.29, 1.82) is 0 Å². The van der Waals surface area contributed by atoms with Gasteiger partial charge in [-0.2, -0.15) is 0 Å². The van der Waals surface area contributed by atoms with Crippen molar-refractivity contribution in [3.05, 3.63) is 83.7 Å². The van der Waals surface area contributed by atoms with Crippen LogP contribution in [0.4, 0.5) is 11.4 Å². The average molecular weight is 571 g/mol. The van der Waals surface area contributed by atoms with E-state index < -0.39 is 8.32 Å². The number of carbonyl (C=O) groups is 1. The van der Waals surface area contributed by atoms with Crippen LogP contribution in [0.2, 0.25) is 18.6 Å². The van der Waals surface area contributed by atoms with E-state index in [4.69, 9.17) is 9.84 Å². The van der Waals surface area contributed by atoms with Crippen LogP contribution in [0.25, 0.3) is 10.8 Å². The number of aliphatic hydroxyl groups excluding tert-OH is 1. The molecule has 4 atom stereocenters. The molecule has 0 bridgehead atoms. The molecule has 0 unspecified atom stereocenters. The molecule has 3 heterocycles. The Morgan fingerprint density at radius 3 is 2.56 bits per heavy atom. The van der Waals surface area contributed by atoms with Crippen molar-refractivity contribution in [3.63, 3.8) is 0 Å². The summed E-state index contributed by atoms with van der Waals surface area (Å²) in [6.07, 6.45) is 4.79. The average Bonchev–Trinajstić information content (AvgIpc) is 3.62. The lowest BCUT2D eigenvalue weighted by atomic mass is 9.95. The van der Waals surface area contributed by atoms with Crippen molar-refractivity contribution in [1.82, 2.24) is 15.0 Å². The summed E-state index contributed by atoms with van der Waals surface area (Å²) in [6.45, 7) is 6.95. The minimum absolute atomic E-state index is 0.0124. The smallest absolute Gasteiger partial charge is 0.263 e. The fourth-order valence-electron chi connectivity index (χ4n) is 6.95. The van der Waals surface area contributed by atoms with Crippen molar-refractivity contribution < 1.29 is 19.4 Å². The third kappa shape index (κ3) is 5.35. The molecule has 1 amide bonds. The maximum absolute atomic E-state index is 13.4. The maximum atomic E-state index is 13.4. The Bertz CT molecular complexity index is 1560. The Morgan fingerprint density at radius 1 is 1.00 bits per heavy atom. The highest BCUT2D eigenvalue weighted by atomic mass is 28.4. The predicted molar refractivity (Wildman–Crippen MR) is 162 cm³/mol. The zero-order valence-electron chi connectivity index (χ0n) is 23.9. The number of nitrogens with zero attached hydrogens (tertiary/aromatic N) is 4. The summed E-state index contributed by atoms with van der Waals surface area (Å²) >= 11 is 0. The zero-order valence-corrected chi connectivity index (χ0v) is 24.9. The lowest BCUT2D eigenvalue weighted by Crippen LogP contribution is -2.40. The summed E-state index contributed by atoms with van der Waals surface area (Å²) in [4.78, 5) is 26.5. The largest absolute Gasteiger partial charge is 0.432 e. The van der Waals surface area contributed by atoms with E-state index in [0.717, 1.165) is 58.2 Å². The SMILES string of the molecule is C[C@@H]1[C@@H]([Si](C)(C)O)[C@H](CCn2cc(CCO)nn2)O[C@@H]1CCc1cccc(N2C(=O)c3cccc4cccc2c34)c1. The molecule has 3 aromatic carbocycles. The Kier molecular flexibility index (Phi) is 7.54. The van der Waals surface area contributed by atoms with Crippen LogP contribution in [-0.2, 0) is 24.1 Å². The van der Waals surface area contributed by atoms with Crippen LogP contribution in [0.15, 0.2) is 66.9 Å². The number of rotatable bonds is 10. The molecule has 1 saturated heterocycles. The number of aryl methyl sites for hydroxylation is 2. The number of hydrogen-bond donors (Lipinski definition) is 2. The summed E-state index contributed by atoms with van der Waals surface area (Å²) in [5.74, 6) is 0.251. The van der Waals surface area contributed by atoms with Crippen molar-refractivity contribution >= 4 is 36.4 Å². The fourth-order valence-corrected chi connectivity index (χ4v) is 9.60. The summed E-state index contributed by atoms with van der Waals surface area (Å²) < 4.78 is 8.45. The predicted octanol–water partition coefficient (Wildman–Crippen LogP) is 5.25. The van der Waals surface area contributed by atoms with Gasteiger partial charge >= 0.3 is 0 Å². The molecule has 41 heavy (non-hydrogen) atoms. The molecule has 4 aromatic rings. The van der Waals surface area contributed by atoms with Crippen LogP contribution in [-0.4, -0.2) is 57.9 Å². The van der Waals surface area contributed by atoms with E-state index in [1.807, 2.05) is 60.6 Å². The first kappa shape index (κ1) is 27.8. The van der Waals surface area contributed by atoms with Gasteiger partial charge in [0, 0.05) is 42.4 Å². The third-order valence-electron chi connectivity index (χ3n) is 8.76. The number of aliphatic hydroxyl groups is 1. The van der Waals surface area contributed by atoms with Gasteiger partial charge in [-0.15, -0.1) is 5.10 Å². The molecule has 2 N–H and O–H groups in total. The number of benzene rings is 3. The Labute approximate surface area is 241 Å². The molecule has 6 rings (SSSR count). The van der Waals surface area contributed by atoms with Gasteiger partial charge in [-0.1, -0.05) is 48.5 Å². The van der Waals surface area contributed by atoms with Crippen LogP contribution in [0.5, 0.6) is 0 Å². The molecule has 0 spiro atoms. The van der Waals surface area contributed by atoms with Crippen LogP contribution >= 0.6 is 0 Å². The summed E-state index contributed by atoms with van der Waals surface area (Å²) in [7, 11) is -2.48. The summed E-state index contributed by atoms with van der Waals surface area (Å²) in [5, 5.41) is 19.6. The van der Waals surface area contributed by atoms with E-state index in [1.54, 1.807) is 4.68 Å².